The van der Waals surface area contributed by atoms with Gasteiger partial charge in [0, 0.05) is 35.2 Å². The van der Waals surface area contributed by atoms with Crippen molar-refractivity contribution in [2.45, 2.75) is 50.3 Å². The number of nitrogens with one attached hydrogen (secondary N) is 2. The summed E-state index contributed by atoms with van der Waals surface area (Å²) < 4.78 is 20.6. The maximum Gasteiger partial charge on any atom is 0.339 e. The van der Waals surface area contributed by atoms with Crippen molar-refractivity contribution in [1.29, 1.82) is 0 Å². The molecule has 0 saturated heterocycles. The third-order valence-corrected chi connectivity index (χ3v) is 8.48. The molecule has 0 aliphatic heterocycles. The Labute approximate surface area is 279 Å². The molecule has 4 rings (SSSR count). The lowest BCUT2D eigenvalue weighted by molar-refractivity contribution is -0.160. The zero-order valence-electron chi connectivity index (χ0n) is 26.7. The highest BCUT2D eigenvalue weighted by Gasteiger charge is 2.53. The van der Waals surface area contributed by atoms with Crippen molar-refractivity contribution in [2.75, 3.05) is 27.4 Å². The van der Waals surface area contributed by atoms with Gasteiger partial charge in [0.2, 0.25) is 16.0 Å². The number of ether oxygens (including phenoxy) is 4. The van der Waals surface area contributed by atoms with Crippen molar-refractivity contribution in [2.24, 2.45) is 0 Å². The molecule has 0 saturated carbocycles. The van der Waals surface area contributed by atoms with Crippen LogP contribution in [0.5, 0.6) is 11.5 Å². The van der Waals surface area contributed by atoms with Crippen LogP contribution in [-0.2, 0) is 30.3 Å². The van der Waals surface area contributed by atoms with Gasteiger partial charge in [-0.15, -0.1) is 11.6 Å². The summed E-state index contributed by atoms with van der Waals surface area (Å²) in [6, 6.07) is 11.1. The molecule has 0 radical (unpaired) electrons. The van der Waals surface area contributed by atoms with Crippen molar-refractivity contribution < 1.29 is 38.4 Å². The van der Waals surface area contributed by atoms with Crippen LogP contribution in [0.2, 0.25) is 0 Å². The number of carboxylic acids is 1. The highest BCUT2D eigenvalue weighted by atomic mass is 35.5. The number of esters is 2. The number of halogens is 2. The summed E-state index contributed by atoms with van der Waals surface area (Å²) >= 11 is 12.4. The summed E-state index contributed by atoms with van der Waals surface area (Å²) in [5, 5.41) is 9.26. The Kier molecular flexibility index (Phi) is 12.4. The van der Waals surface area contributed by atoms with E-state index in [2.05, 4.69) is 9.97 Å². The van der Waals surface area contributed by atoms with E-state index in [9.17, 15) is 24.0 Å². The molecule has 0 aliphatic carbocycles. The van der Waals surface area contributed by atoms with Crippen molar-refractivity contribution in [3.05, 3.63) is 79.9 Å². The summed E-state index contributed by atoms with van der Waals surface area (Å²) in [6.07, 6.45) is 0.176. The molecule has 2 heterocycles. The number of pyridine rings is 2. The first-order chi connectivity index (χ1) is 22.2. The number of carbonyl (C=O) groups is 3. The molecule has 0 aliphatic rings. The van der Waals surface area contributed by atoms with Gasteiger partial charge in [-0.25, -0.2) is 9.59 Å². The van der Waals surface area contributed by atoms with Gasteiger partial charge in [-0.2, -0.15) is 0 Å². The van der Waals surface area contributed by atoms with Crippen LogP contribution >= 0.6 is 23.2 Å². The number of aromatic amines is 2. The molecule has 0 bridgehead atoms. The van der Waals surface area contributed by atoms with Crippen LogP contribution in [0.1, 0.15) is 43.4 Å². The highest BCUT2D eigenvalue weighted by molar-refractivity contribution is 6.45. The first kappa shape index (κ1) is 36.9. The van der Waals surface area contributed by atoms with Crippen LogP contribution in [0.15, 0.2) is 52.1 Å². The van der Waals surface area contributed by atoms with E-state index in [0.717, 1.165) is 16.5 Å². The molecule has 2 aromatic heterocycles. The monoisotopic (exact) mass is 690 g/mol. The van der Waals surface area contributed by atoms with E-state index < -0.39 is 34.1 Å². The molecule has 3 N–H and O–H groups in total. The molecule has 252 valence electrons. The van der Waals surface area contributed by atoms with Crippen LogP contribution < -0.4 is 20.6 Å². The molecule has 12 nitrogen and oxygen atoms in total. The van der Waals surface area contributed by atoms with Gasteiger partial charge in [-0.05, 0) is 61.7 Å². The van der Waals surface area contributed by atoms with E-state index >= 15 is 0 Å². The Morgan fingerprint density at radius 2 is 1.36 bits per heavy atom. The lowest BCUT2D eigenvalue weighted by Crippen LogP contribution is -2.48. The fourth-order valence-corrected chi connectivity index (χ4v) is 5.49. The van der Waals surface area contributed by atoms with E-state index in [-0.39, 0.29) is 30.8 Å². The number of carbonyl (C=O) groups excluding carboxylic acids is 2. The van der Waals surface area contributed by atoms with Crippen LogP contribution in [0.3, 0.4) is 0 Å². The van der Waals surface area contributed by atoms with Crippen LogP contribution in [0.25, 0.3) is 21.8 Å². The first-order valence-corrected chi connectivity index (χ1v) is 15.4. The average Bonchev–Trinajstić information content (AvgIpc) is 3.04. The minimum atomic E-state index is -2.07. The molecule has 14 heteroatoms. The van der Waals surface area contributed by atoms with E-state index in [1.165, 1.54) is 26.4 Å². The van der Waals surface area contributed by atoms with Crippen molar-refractivity contribution in [3.63, 3.8) is 0 Å². The number of methoxy groups -OCH3 is 2. The van der Waals surface area contributed by atoms with Gasteiger partial charge in [-0.3, -0.25) is 14.4 Å². The first-order valence-electron chi connectivity index (χ1n) is 14.5. The van der Waals surface area contributed by atoms with Crippen LogP contribution in [0.4, 0.5) is 0 Å². The molecule has 0 amide bonds. The van der Waals surface area contributed by atoms with E-state index in [4.69, 9.17) is 47.3 Å². The maximum absolute atomic E-state index is 12.6. The van der Waals surface area contributed by atoms with Crippen LogP contribution in [-0.4, -0.2) is 70.7 Å². The van der Waals surface area contributed by atoms with Gasteiger partial charge in [-0.1, -0.05) is 24.6 Å². The van der Waals surface area contributed by atoms with Crippen LogP contribution in [0, 0.1) is 6.92 Å². The van der Waals surface area contributed by atoms with Gasteiger partial charge < -0.3 is 34.0 Å². The zero-order valence-corrected chi connectivity index (χ0v) is 28.2. The molecule has 4 aromatic rings. The number of aromatic nitrogens is 2. The van der Waals surface area contributed by atoms with Gasteiger partial charge in [0.15, 0.2) is 0 Å². The molecule has 2 atom stereocenters. The van der Waals surface area contributed by atoms with Crippen molar-refractivity contribution in [3.8, 4) is 11.5 Å². The second kappa shape index (κ2) is 15.8. The number of aryl methyl sites for hydroxylation is 1. The summed E-state index contributed by atoms with van der Waals surface area (Å²) in [4.78, 5) is 62.6. The van der Waals surface area contributed by atoms with Gasteiger partial charge in [0.25, 0.3) is 0 Å². The summed E-state index contributed by atoms with van der Waals surface area (Å²) in [6.45, 7) is 6.87. The number of fused-ring (bicyclic) bond motifs is 2. The maximum atomic E-state index is 12.6. The summed E-state index contributed by atoms with van der Waals surface area (Å²) in [5.41, 5.74) is 2.67. The summed E-state index contributed by atoms with van der Waals surface area (Å²) in [7, 11) is 2.99. The molecular formula is C33H36Cl2N2O10. The largest absolute Gasteiger partial charge is 0.495 e. The van der Waals surface area contributed by atoms with Gasteiger partial charge >= 0.3 is 17.9 Å². The fraction of sp³-hybridized carbons (Fsp3) is 0.364. The molecule has 0 fully saturated rings. The van der Waals surface area contributed by atoms with Gasteiger partial charge in [0.1, 0.15) is 16.9 Å². The third-order valence-electron chi connectivity index (χ3n) is 7.50. The lowest BCUT2D eigenvalue weighted by Gasteiger charge is -2.29. The Morgan fingerprint density at radius 1 is 0.851 bits per heavy atom. The van der Waals surface area contributed by atoms with Crippen molar-refractivity contribution in [1.82, 2.24) is 9.97 Å². The van der Waals surface area contributed by atoms with Gasteiger partial charge in [0.05, 0.1) is 38.5 Å². The standard InChI is InChI=1S/C19H22ClNO6.C14H14ClNO4/c1-5-26-17(23)19(20,18(24)27-6-2)11(3)12-7-9-14(25-4)16-13(12)8-10-15(22)21-16;1-7-5-11(20-2)13-8(3-4-12(17)16-13)9(7)6-10(15)14(18)19/h7-11H,5-6H2,1-4H3,(H,21,22);3-5,10H,6H2,1-2H3,(H,16,17)(H,18,19). The smallest absolute Gasteiger partial charge is 0.339 e. The molecule has 2 aromatic carbocycles. The molecule has 47 heavy (non-hydrogen) atoms. The molecule has 0 spiro atoms. The fourth-order valence-electron chi connectivity index (χ4n) is 5.11. The minimum Gasteiger partial charge on any atom is -0.495 e. The zero-order chi connectivity index (χ0) is 35.1. The highest BCUT2D eigenvalue weighted by Crippen LogP contribution is 2.41. The number of benzene rings is 2. The number of hydrogen-bond acceptors (Lipinski definition) is 9. The Balaban J connectivity index is 0.000000267. The second-order valence-electron chi connectivity index (χ2n) is 10.3. The SMILES string of the molecule is CCOC(=O)C(Cl)(C(=O)OCC)C(C)c1ccc(OC)c2[nH]c(=O)ccc12.COc1cc(C)c(CC(Cl)C(=O)O)c2ccc(=O)[nH]c12. The Morgan fingerprint density at radius 3 is 1.85 bits per heavy atom. The van der Waals surface area contributed by atoms with E-state index in [0.29, 0.717) is 33.5 Å². The Bertz CT molecular complexity index is 1880. The predicted octanol–water partition coefficient (Wildman–Crippen LogP) is 4.82. The number of carboxylic acid groups (broad SMARTS) is 1. The lowest BCUT2D eigenvalue weighted by atomic mass is 9.84. The normalized spacial score (nSPS) is 12.4. The second-order valence-corrected chi connectivity index (χ2v) is 11.5. The number of alkyl halides is 2. The minimum absolute atomic E-state index is 0.0656. The third kappa shape index (κ3) is 7.88. The quantitative estimate of drug-likeness (QED) is 0.112. The molecule has 2 unspecified atom stereocenters. The number of aliphatic carboxylic acids is 1. The van der Waals surface area contributed by atoms with Crippen molar-refractivity contribution >= 4 is 62.9 Å². The number of hydrogen-bond donors (Lipinski definition) is 3. The predicted molar refractivity (Wildman–Crippen MR) is 178 cm³/mol. The Hall–Kier alpha value is -4.55. The summed E-state index contributed by atoms with van der Waals surface area (Å²) in [5.74, 6) is -2.65. The topological polar surface area (TPSA) is 174 Å². The number of rotatable bonds is 11. The van der Waals surface area contributed by atoms with E-state index in [1.54, 1.807) is 51.1 Å². The average molecular weight is 692 g/mol. The number of H-pyrrole nitrogens is 2. The molecular weight excluding hydrogens is 655 g/mol. The van der Waals surface area contributed by atoms with E-state index in [1.807, 2.05) is 6.92 Å².